The van der Waals surface area contributed by atoms with Crippen LogP contribution < -0.4 is 5.32 Å². The van der Waals surface area contributed by atoms with Crippen molar-refractivity contribution in [2.45, 2.75) is 26.4 Å². The summed E-state index contributed by atoms with van der Waals surface area (Å²) in [6.07, 6.45) is 3.54. The zero-order chi connectivity index (χ0) is 18.5. The van der Waals surface area contributed by atoms with Crippen molar-refractivity contribution < 1.29 is 14.3 Å². The zero-order valence-corrected chi connectivity index (χ0v) is 15.3. The first-order valence-corrected chi connectivity index (χ1v) is 8.86. The summed E-state index contributed by atoms with van der Waals surface area (Å²) in [6.45, 7) is 3.45. The number of halogens is 1. The number of carbonyl (C=O) groups excluding carboxylic acids is 2. The molecule has 0 aliphatic carbocycles. The minimum atomic E-state index is -0.337. The number of hydrogen-bond donors (Lipinski definition) is 1. The predicted octanol–water partition coefficient (Wildman–Crippen LogP) is 3.18. The SMILES string of the molecule is CCOC(=O)N1CCc2c(cncc2C(=O)NCc2ccc(Cl)cc2)C1. The largest absolute Gasteiger partial charge is 0.450 e. The van der Waals surface area contributed by atoms with E-state index in [0.717, 1.165) is 16.7 Å². The highest BCUT2D eigenvalue weighted by Crippen LogP contribution is 2.22. The van der Waals surface area contributed by atoms with Crippen LogP contribution in [0.4, 0.5) is 4.79 Å². The molecule has 2 amide bonds. The number of ether oxygens (including phenoxy) is 1. The summed E-state index contributed by atoms with van der Waals surface area (Å²) in [5.41, 5.74) is 3.34. The molecule has 2 heterocycles. The molecule has 0 saturated carbocycles. The number of nitrogens with one attached hydrogen (secondary N) is 1. The molecule has 3 rings (SSSR count). The van der Waals surface area contributed by atoms with Gasteiger partial charge in [0.25, 0.3) is 5.91 Å². The Morgan fingerprint density at radius 2 is 2.04 bits per heavy atom. The van der Waals surface area contributed by atoms with Gasteiger partial charge >= 0.3 is 6.09 Å². The summed E-state index contributed by atoms with van der Waals surface area (Å²) in [4.78, 5) is 30.3. The molecule has 0 atom stereocenters. The predicted molar refractivity (Wildman–Crippen MR) is 98.0 cm³/mol. The van der Waals surface area contributed by atoms with Crippen molar-refractivity contribution in [3.05, 3.63) is 63.9 Å². The monoisotopic (exact) mass is 373 g/mol. The zero-order valence-electron chi connectivity index (χ0n) is 14.5. The number of rotatable bonds is 4. The highest BCUT2D eigenvalue weighted by Gasteiger charge is 2.25. The Morgan fingerprint density at radius 1 is 1.27 bits per heavy atom. The van der Waals surface area contributed by atoms with E-state index in [1.165, 1.54) is 0 Å². The molecule has 6 nitrogen and oxygen atoms in total. The van der Waals surface area contributed by atoms with Crippen molar-refractivity contribution in [3.63, 3.8) is 0 Å². The molecule has 7 heteroatoms. The topological polar surface area (TPSA) is 71.5 Å². The van der Waals surface area contributed by atoms with Gasteiger partial charge in [0.2, 0.25) is 0 Å². The van der Waals surface area contributed by atoms with Gasteiger partial charge in [-0.3, -0.25) is 9.78 Å². The normalized spacial score (nSPS) is 13.1. The van der Waals surface area contributed by atoms with E-state index in [1.807, 2.05) is 12.1 Å². The van der Waals surface area contributed by atoms with Crippen molar-refractivity contribution in [2.24, 2.45) is 0 Å². The Hall–Kier alpha value is -2.60. The number of amides is 2. The lowest BCUT2D eigenvalue weighted by Gasteiger charge is -2.28. The van der Waals surface area contributed by atoms with E-state index < -0.39 is 0 Å². The van der Waals surface area contributed by atoms with E-state index >= 15 is 0 Å². The van der Waals surface area contributed by atoms with Crippen molar-refractivity contribution in [3.8, 4) is 0 Å². The first-order chi connectivity index (χ1) is 12.6. The van der Waals surface area contributed by atoms with Crippen LogP contribution in [0.5, 0.6) is 0 Å². The second kappa shape index (κ2) is 8.19. The van der Waals surface area contributed by atoms with E-state index in [9.17, 15) is 9.59 Å². The highest BCUT2D eigenvalue weighted by atomic mass is 35.5. The molecular weight excluding hydrogens is 354 g/mol. The Balaban J connectivity index is 1.69. The maximum atomic E-state index is 12.6. The van der Waals surface area contributed by atoms with E-state index in [4.69, 9.17) is 16.3 Å². The standard InChI is InChI=1S/C19H20ClN3O3/c1-2-26-19(25)23-8-7-16-14(12-23)10-21-11-17(16)18(24)22-9-13-3-5-15(20)6-4-13/h3-6,10-11H,2,7-9,12H2,1H3,(H,22,24). The first kappa shape index (κ1) is 18.2. The molecule has 136 valence electrons. The first-order valence-electron chi connectivity index (χ1n) is 8.48. The molecule has 1 aromatic carbocycles. The van der Waals surface area contributed by atoms with Crippen LogP contribution in [0, 0.1) is 0 Å². The quantitative estimate of drug-likeness (QED) is 0.893. The lowest BCUT2D eigenvalue weighted by atomic mass is 9.97. The van der Waals surface area contributed by atoms with Crippen LogP contribution in [0.25, 0.3) is 0 Å². The minimum Gasteiger partial charge on any atom is -0.450 e. The van der Waals surface area contributed by atoms with Crippen LogP contribution >= 0.6 is 11.6 Å². The van der Waals surface area contributed by atoms with E-state index in [0.29, 0.717) is 43.2 Å². The molecule has 1 aliphatic rings. The van der Waals surface area contributed by atoms with E-state index in [1.54, 1.807) is 36.4 Å². The van der Waals surface area contributed by atoms with Gasteiger partial charge in [-0.1, -0.05) is 23.7 Å². The van der Waals surface area contributed by atoms with Gasteiger partial charge in [0.1, 0.15) is 0 Å². The van der Waals surface area contributed by atoms with Crippen LogP contribution in [0.15, 0.2) is 36.7 Å². The molecule has 0 radical (unpaired) electrons. The number of fused-ring (bicyclic) bond motifs is 1. The van der Waals surface area contributed by atoms with Crippen molar-refractivity contribution in [2.75, 3.05) is 13.2 Å². The molecule has 0 fully saturated rings. The Bertz CT molecular complexity index is 808. The van der Waals surface area contributed by atoms with Gasteiger partial charge in [-0.15, -0.1) is 0 Å². The van der Waals surface area contributed by atoms with Crippen LogP contribution in [-0.4, -0.2) is 35.0 Å². The third-order valence-electron chi connectivity index (χ3n) is 4.28. The highest BCUT2D eigenvalue weighted by molar-refractivity contribution is 6.30. The number of hydrogen-bond acceptors (Lipinski definition) is 4. The molecule has 1 aliphatic heterocycles. The summed E-state index contributed by atoms with van der Waals surface area (Å²) in [7, 11) is 0. The third kappa shape index (κ3) is 4.14. The van der Waals surface area contributed by atoms with Gasteiger partial charge in [-0.2, -0.15) is 0 Å². The molecule has 0 unspecified atom stereocenters. The number of aromatic nitrogens is 1. The molecule has 26 heavy (non-hydrogen) atoms. The number of carbonyl (C=O) groups is 2. The van der Waals surface area contributed by atoms with Crippen LogP contribution in [0.2, 0.25) is 5.02 Å². The van der Waals surface area contributed by atoms with E-state index in [-0.39, 0.29) is 12.0 Å². The van der Waals surface area contributed by atoms with Crippen molar-refractivity contribution in [1.82, 2.24) is 15.2 Å². The smallest absolute Gasteiger partial charge is 0.410 e. The van der Waals surface area contributed by atoms with Crippen LogP contribution in [0.1, 0.15) is 34.0 Å². The van der Waals surface area contributed by atoms with Gasteiger partial charge in [-0.25, -0.2) is 4.79 Å². The number of pyridine rings is 1. The molecule has 1 N–H and O–H groups in total. The maximum absolute atomic E-state index is 12.6. The average molecular weight is 374 g/mol. The summed E-state index contributed by atoms with van der Waals surface area (Å²) in [5.74, 6) is -0.172. The second-order valence-electron chi connectivity index (χ2n) is 6.00. The molecular formula is C19H20ClN3O3. The number of nitrogens with zero attached hydrogens (tertiary/aromatic N) is 2. The third-order valence-corrected chi connectivity index (χ3v) is 4.53. The summed E-state index contributed by atoms with van der Waals surface area (Å²) in [5, 5.41) is 3.57. The lowest BCUT2D eigenvalue weighted by Crippen LogP contribution is -2.37. The fourth-order valence-corrected chi connectivity index (χ4v) is 3.07. The summed E-state index contributed by atoms with van der Waals surface area (Å²) >= 11 is 5.87. The average Bonchev–Trinajstić information content (AvgIpc) is 2.66. The fourth-order valence-electron chi connectivity index (χ4n) is 2.94. The Kier molecular flexibility index (Phi) is 5.73. The molecule has 0 bridgehead atoms. The minimum absolute atomic E-state index is 0.172. The van der Waals surface area contributed by atoms with Gasteiger partial charge < -0.3 is 15.0 Å². The second-order valence-corrected chi connectivity index (χ2v) is 6.44. The summed E-state index contributed by atoms with van der Waals surface area (Å²) < 4.78 is 5.05. The van der Waals surface area contributed by atoms with Gasteiger partial charge in [-0.05, 0) is 42.2 Å². The number of benzene rings is 1. The lowest BCUT2D eigenvalue weighted by molar-refractivity contribution is 0.0947. The van der Waals surface area contributed by atoms with Crippen LogP contribution in [0.3, 0.4) is 0 Å². The fraction of sp³-hybridized carbons (Fsp3) is 0.316. The van der Waals surface area contributed by atoms with Gasteiger partial charge in [0.05, 0.1) is 18.7 Å². The Labute approximate surface area is 157 Å². The van der Waals surface area contributed by atoms with Gasteiger partial charge in [0.15, 0.2) is 0 Å². The maximum Gasteiger partial charge on any atom is 0.410 e. The molecule has 0 spiro atoms. The Morgan fingerprint density at radius 3 is 2.77 bits per heavy atom. The van der Waals surface area contributed by atoms with Crippen molar-refractivity contribution >= 4 is 23.6 Å². The van der Waals surface area contributed by atoms with Crippen molar-refractivity contribution in [1.29, 1.82) is 0 Å². The molecule has 1 aromatic heterocycles. The van der Waals surface area contributed by atoms with Gasteiger partial charge in [0, 0.05) is 30.5 Å². The molecule has 2 aromatic rings. The van der Waals surface area contributed by atoms with E-state index in [2.05, 4.69) is 10.3 Å². The molecule has 0 saturated heterocycles. The van der Waals surface area contributed by atoms with Crippen LogP contribution in [-0.2, 0) is 24.2 Å². The summed E-state index contributed by atoms with van der Waals surface area (Å²) in [6, 6.07) is 7.33.